The number of piperidine rings is 1. The molecule has 1 fully saturated rings. The van der Waals surface area contributed by atoms with Gasteiger partial charge in [0.05, 0.1) is 5.56 Å². The van der Waals surface area contributed by atoms with E-state index < -0.39 is 17.9 Å². The number of carbonyl (C=O) groups excluding carboxylic acids is 1. The summed E-state index contributed by atoms with van der Waals surface area (Å²) in [5, 5.41) is 0. The van der Waals surface area contributed by atoms with E-state index >= 15 is 0 Å². The third kappa shape index (κ3) is 3.95. The minimum Gasteiger partial charge on any atom is -0.490 e. The number of nitrogens with two attached hydrogens (primary N) is 1. The van der Waals surface area contributed by atoms with Gasteiger partial charge in [0, 0.05) is 13.1 Å². The molecule has 0 aliphatic carbocycles. The number of likely N-dealkylation sites (tertiary alicyclic amines) is 1. The Bertz CT molecular complexity index is 485. The first-order valence-corrected chi connectivity index (χ1v) is 6.69. The van der Waals surface area contributed by atoms with E-state index in [9.17, 15) is 18.0 Å². The summed E-state index contributed by atoms with van der Waals surface area (Å²) in [4.78, 5) is 12.4. The van der Waals surface area contributed by atoms with E-state index in [2.05, 4.69) is 0 Å². The average molecular weight is 302 g/mol. The summed E-state index contributed by atoms with van der Waals surface area (Å²) in [6.07, 6.45) is -3.67. The molecule has 1 aromatic rings. The fourth-order valence-corrected chi connectivity index (χ4v) is 2.36. The molecule has 116 valence electrons. The zero-order valence-corrected chi connectivity index (χ0v) is 11.3. The van der Waals surface area contributed by atoms with Gasteiger partial charge in [-0.1, -0.05) is 12.1 Å². The van der Waals surface area contributed by atoms with E-state index in [4.69, 9.17) is 10.5 Å². The summed E-state index contributed by atoms with van der Waals surface area (Å²) in [6, 6.07) is 5.18. The Balaban J connectivity index is 2.00. The lowest BCUT2D eigenvalue weighted by atomic mass is 10.1. The maximum atomic E-state index is 12.9. The zero-order valence-electron chi connectivity index (χ0n) is 11.3. The maximum Gasteiger partial charge on any atom is 0.419 e. The van der Waals surface area contributed by atoms with Crippen LogP contribution in [0.3, 0.4) is 0 Å². The largest absolute Gasteiger partial charge is 0.490 e. The molecule has 1 heterocycles. The zero-order chi connectivity index (χ0) is 15.5. The van der Waals surface area contributed by atoms with Crippen molar-refractivity contribution in [1.82, 2.24) is 4.90 Å². The quantitative estimate of drug-likeness (QED) is 0.865. The van der Waals surface area contributed by atoms with Gasteiger partial charge in [0.1, 0.15) is 18.0 Å². The van der Waals surface area contributed by atoms with Crippen LogP contribution >= 0.6 is 0 Å². The molecule has 7 heteroatoms. The first-order chi connectivity index (χ1) is 9.91. The number of rotatable bonds is 4. The van der Waals surface area contributed by atoms with Crippen molar-refractivity contribution in [2.45, 2.75) is 31.3 Å². The number of alkyl halides is 3. The van der Waals surface area contributed by atoms with Crippen LogP contribution in [0.15, 0.2) is 24.3 Å². The van der Waals surface area contributed by atoms with Gasteiger partial charge in [-0.2, -0.15) is 13.2 Å². The predicted octanol–water partition coefficient (Wildman–Crippen LogP) is 2.03. The minimum absolute atomic E-state index is 0.150. The van der Waals surface area contributed by atoms with Crippen LogP contribution in [0.25, 0.3) is 0 Å². The molecule has 0 radical (unpaired) electrons. The molecular formula is C14H17F3N2O2. The third-order valence-corrected chi connectivity index (χ3v) is 3.52. The number of nitrogens with zero attached hydrogens (tertiary/aromatic N) is 1. The van der Waals surface area contributed by atoms with E-state index in [-0.39, 0.29) is 11.9 Å². The molecule has 1 unspecified atom stereocenters. The van der Waals surface area contributed by atoms with E-state index in [1.807, 2.05) is 0 Å². The number of ether oxygens (including phenoxy) is 1. The number of hydrogen-bond donors (Lipinski definition) is 1. The van der Waals surface area contributed by atoms with Crippen LogP contribution in [-0.4, -0.2) is 36.5 Å². The monoisotopic (exact) mass is 302 g/mol. The molecule has 0 saturated carbocycles. The molecule has 0 aromatic heterocycles. The standard InChI is InChI=1S/C14H17F3N2O2/c15-14(16,17)11-3-1-2-4-12(11)21-10-5-7-19(8-6-10)13(18)9-20/h1-4,9-10,13H,5-8,18H2. The molecule has 4 nitrogen and oxygen atoms in total. The van der Waals surface area contributed by atoms with Gasteiger partial charge in [-0.3, -0.25) is 4.90 Å². The van der Waals surface area contributed by atoms with Crippen molar-refractivity contribution in [2.24, 2.45) is 5.73 Å². The normalized spacial score (nSPS) is 19.2. The number of benzene rings is 1. The molecule has 2 N–H and O–H groups in total. The maximum absolute atomic E-state index is 12.9. The van der Waals surface area contributed by atoms with Crippen molar-refractivity contribution in [3.05, 3.63) is 29.8 Å². The molecule has 0 spiro atoms. The molecular weight excluding hydrogens is 285 g/mol. The highest BCUT2D eigenvalue weighted by Crippen LogP contribution is 2.36. The van der Waals surface area contributed by atoms with Crippen molar-refractivity contribution in [3.63, 3.8) is 0 Å². The summed E-state index contributed by atoms with van der Waals surface area (Å²) in [5.74, 6) is -0.150. The van der Waals surface area contributed by atoms with Gasteiger partial charge in [0.15, 0.2) is 6.29 Å². The number of aldehydes is 1. The second-order valence-corrected chi connectivity index (χ2v) is 4.97. The molecule has 1 aliphatic rings. The van der Waals surface area contributed by atoms with Crippen LogP contribution in [-0.2, 0) is 11.0 Å². The van der Waals surface area contributed by atoms with Gasteiger partial charge >= 0.3 is 6.18 Å². The third-order valence-electron chi connectivity index (χ3n) is 3.52. The van der Waals surface area contributed by atoms with Crippen molar-refractivity contribution in [2.75, 3.05) is 13.1 Å². The Kier molecular flexibility index (Phi) is 4.84. The Morgan fingerprint density at radius 3 is 2.48 bits per heavy atom. The second-order valence-electron chi connectivity index (χ2n) is 4.97. The molecule has 1 aliphatic heterocycles. The summed E-state index contributed by atoms with van der Waals surface area (Å²) < 4.78 is 44.1. The van der Waals surface area contributed by atoms with Crippen LogP contribution in [0.5, 0.6) is 5.75 Å². The van der Waals surface area contributed by atoms with Crippen molar-refractivity contribution in [1.29, 1.82) is 0 Å². The van der Waals surface area contributed by atoms with E-state index in [1.165, 1.54) is 18.2 Å². The fourth-order valence-electron chi connectivity index (χ4n) is 2.36. The minimum atomic E-state index is -4.43. The Morgan fingerprint density at radius 1 is 1.29 bits per heavy atom. The van der Waals surface area contributed by atoms with Gasteiger partial charge in [-0.15, -0.1) is 0 Å². The van der Waals surface area contributed by atoms with E-state index in [1.54, 1.807) is 4.90 Å². The highest BCUT2D eigenvalue weighted by Gasteiger charge is 2.35. The van der Waals surface area contributed by atoms with Crippen molar-refractivity contribution >= 4 is 6.29 Å². The second kappa shape index (κ2) is 6.44. The lowest BCUT2D eigenvalue weighted by molar-refractivity contribution is -0.139. The first-order valence-electron chi connectivity index (χ1n) is 6.69. The van der Waals surface area contributed by atoms with Crippen LogP contribution in [0.4, 0.5) is 13.2 Å². The van der Waals surface area contributed by atoms with Crippen molar-refractivity contribution in [3.8, 4) is 5.75 Å². The first kappa shape index (κ1) is 15.8. The molecule has 1 saturated heterocycles. The van der Waals surface area contributed by atoms with Crippen LogP contribution in [0, 0.1) is 0 Å². The smallest absolute Gasteiger partial charge is 0.419 e. The molecule has 21 heavy (non-hydrogen) atoms. The van der Waals surface area contributed by atoms with E-state index in [0.717, 1.165) is 6.07 Å². The number of hydrogen-bond acceptors (Lipinski definition) is 4. The number of halogens is 3. The number of para-hydroxylation sites is 1. The predicted molar refractivity (Wildman–Crippen MR) is 70.7 cm³/mol. The summed E-state index contributed by atoms with van der Waals surface area (Å²) >= 11 is 0. The van der Waals surface area contributed by atoms with Crippen LogP contribution in [0.1, 0.15) is 18.4 Å². The fraction of sp³-hybridized carbons (Fsp3) is 0.500. The molecule has 1 atom stereocenters. The van der Waals surface area contributed by atoms with Gasteiger partial charge in [-0.25, -0.2) is 0 Å². The lowest BCUT2D eigenvalue weighted by Gasteiger charge is -2.34. The average Bonchev–Trinajstić information content (AvgIpc) is 2.47. The lowest BCUT2D eigenvalue weighted by Crippen LogP contribution is -2.49. The highest BCUT2D eigenvalue weighted by atomic mass is 19.4. The molecule has 2 rings (SSSR count). The van der Waals surface area contributed by atoms with Crippen molar-refractivity contribution < 1.29 is 22.7 Å². The van der Waals surface area contributed by atoms with Gasteiger partial charge in [-0.05, 0) is 25.0 Å². The highest BCUT2D eigenvalue weighted by molar-refractivity contribution is 5.56. The summed E-state index contributed by atoms with van der Waals surface area (Å²) in [5.41, 5.74) is 4.83. The van der Waals surface area contributed by atoms with Gasteiger partial charge < -0.3 is 15.3 Å². The Labute approximate surface area is 120 Å². The molecule has 1 aromatic carbocycles. The molecule has 0 amide bonds. The SMILES string of the molecule is NC(C=O)N1CCC(Oc2ccccc2C(F)(F)F)CC1. The molecule has 0 bridgehead atoms. The topological polar surface area (TPSA) is 55.6 Å². The number of carbonyl (C=O) groups is 1. The van der Waals surface area contributed by atoms with Gasteiger partial charge in [0.25, 0.3) is 0 Å². The summed E-state index contributed by atoms with van der Waals surface area (Å²) in [7, 11) is 0. The Morgan fingerprint density at radius 2 is 1.90 bits per heavy atom. The van der Waals surface area contributed by atoms with E-state index in [0.29, 0.717) is 32.2 Å². The van der Waals surface area contributed by atoms with Crippen LogP contribution < -0.4 is 10.5 Å². The Hall–Kier alpha value is -1.60. The van der Waals surface area contributed by atoms with Crippen LogP contribution in [0.2, 0.25) is 0 Å². The van der Waals surface area contributed by atoms with Gasteiger partial charge in [0.2, 0.25) is 0 Å². The summed E-state index contributed by atoms with van der Waals surface area (Å²) in [6.45, 7) is 1.05.